The number of aryl methyl sites for hydroxylation is 2. The Balaban J connectivity index is 1.99. The summed E-state index contributed by atoms with van der Waals surface area (Å²) < 4.78 is 9.11. The molecule has 2 unspecified atom stereocenters. The molecule has 2 N–H and O–H groups in total. The summed E-state index contributed by atoms with van der Waals surface area (Å²) in [6, 6.07) is 12.5. The van der Waals surface area contributed by atoms with Crippen molar-refractivity contribution in [1.82, 2.24) is 0 Å². The van der Waals surface area contributed by atoms with Crippen LogP contribution < -0.4 is 0 Å². The van der Waals surface area contributed by atoms with Gasteiger partial charge in [-0.1, -0.05) is 36.4 Å². The number of benzene rings is 2. The van der Waals surface area contributed by atoms with Gasteiger partial charge in [0.15, 0.2) is 0 Å². The molecule has 2 aromatic carbocycles. The smallest absolute Gasteiger partial charge is 0.341 e. The monoisotopic (exact) mass is 386 g/mol. The van der Waals surface area contributed by atoms with Crippen LogP contribution >= 0.6 is 0 Å². The number of rotatable bonds is 7. The van der Waals surface area contributed by atoms with Gasteiger partial charge in [-0.15, -0.1) is 0 Å². The molecule has 0 radical (unpaired) electrons. The van der Waals surface area contributed by atoms with E-state index < -0.39 is 36.1 Å². The Labute approximate surface area is 160 Å². The molecule has 8 nitrogen and oxygen atoms in total. The summed E-state index contributed by atoms with van der Waals surface area (Å²) in [4.78, 5) is 47.7. The second kappa shape index (κ2) is 9.03. The van der Waals surface area contributed by atoms with E-state index >= 15 is 0 Å². The van der Waals surface area contributed by atoms with Crippen LogP contribution in [-0.4, -0.2) is 46.3 Å². The SMILES string of the molecule is Cc1ccccc1C(=O)OC(O)C(=O)C(=O)C(O)OC(=O)c1ccccc1C. The Bertz CT molecular complexity index is 842. The molecule has 28 heavy (non-hydrogen) atoms. The van der Waals surface area contributed by atoms with Gasteiger partial charge in [0, 0.05) is 0 Å². The first-order valence-corrected chi connectivity index (χ1v) is 8.19. The first kappa shape index (κ1) is 20.9. The Kier molecular flexibility index (Phi) is 6.75. The number of hydrogen-bond acceptors (Lipinski definition) is 8. The summed E-state index contributed by atoms with van der Waals surface area (Å²) >= 11 is 0. The van der Waals surface area contributed by atoms with Gasteiger partial charge >= 0.3 is 11.9 Å². The summed E-state index contributed by atoms with van der Waals surface area (Å²) in [7, 11) is 0. The van der Waals surface area contributed by atoms with Crippen molar-refractivity contribution >= 4 is 23.5 Å². The van der Waals surface area contributed by atoms with Crippen molar-refractivity contribution in [2.45, 2.75) is 26.4 Å². The summed E-state index contributed by atoms with van der Waals surface area (Å²) in [5, 5.41) is 19.4. The van der Waals surface area contributed by atoms with Crippen molar-refractivity contribution in [1.29, 1.82) is 0 Å². The van der Waals surface area contributed by atoms with Crippen LogP contribution in [0.1, 0.15) is 31.8 Å². The molecule has 2 atom stereocenters. The van der Waals surface area contributed by atoms with Crippen molar-refractivity contribution < 1.29 is 38.9 Å². The topological polar surface area (TPSA) is 127 Å². The minimum absolute atomic E-state index is 0.0910. The molecular formula is C20H18O8. The van der Waals surface area contributed by atoms with Gasteiger partial charge in [0.25, 0.3) is 24.1 Å². The molecule has 0 spiro atoms. The zero-order chi connectivity index (χ0) is 20.8. The minimum Gasteiger partial charge on any atom is -0.424 e. The summed E-state index contributed by atoms with van der Waals surface area (Å²) in [6.45, 7) is 3.23. The van der Waals surface area contributed by atoms with Crippen LogP contribution in [0.2, 0.25) is 0 Å². The standard InChI is InChI=1S/C20H18O8/c1-11-7-3-5-9-13(11)17(23)27-19(25)15(21)16(22)20(26)28-18(24)14-10-6-4-8-12(14)2/h3-10,19-20,25-26H,1-2H3. The van der Waals surface area contributed by atoms with E-state index in [1.54, 1.807) is 50.2 Å². The van der Waals surface area contributed by atoms with Crippen molar-refractivity contribution in [2.75, 3.05) is 0 Å². The van der Waals surface area contributed by atoms with E-state index in [9.17, 15) is 29.4 Å². The van der Waals surface area contributed by atoms with Crippen molar-refractivity contribution in [2.24, 2.45) is 0 Å². The van der Waals surface area contributed by atoms with Gasteiger partial charge in [-0.2, -0.15) is 0 Å². The highest BCUT2D eigenvalue weighted by atomic mass is 16.6. The van der Waals surface area contributed by atoms with Crippen LogP contribution in [0.25, 0.3) is 0 Å². The zero-order valence-corrected chi connectivity index (χ0v) is 15.1. The number of Topliss-reactive ketones (excluding diaryl/α,β-unsaturated/α-hetero) is 2. The van der Waals surface area contributed by atoms with Crippen LogP contribution in [0.4, 0.5) is 0 Å². The normalized spacial score (nSPS) is 12.6. The Morgan fingerprint density at radius 2 is 1.00 bits per heavy atom. The fourth-order valence-corrected chi connectivity index (χ4v) is 2.28. The highest BCUT2D eigenvalue weighted by molar-refractivity contribution is 6.40. The first-order chi connectivity index (χ1) is 13.2. The van der Waals surface area contributed by atoms with E-state index in [1.165, 1.54) is 12.1 Å². The molecule has 0 aliphatic carbocycles. The quantitative estimate of drug-likeness (QED) is 0.411. The van der Waals surface area contributed by atoms with E-state index in [0.717, 1.165) is 0 Å². The van der Waals surface area contributed by atoms with Gasteiger partial charge in [0.05, 0.1) is 11.1 Å². The molecule has 0 saturated carbocycles. The molecule has 0 heterocycles. The van der Waals surface area contributed by atoms with Crippen molar-refractivity contribution in [3.05, 3.63) is 70.8 Å². The molecule has 0 aromatic heterocycles. The lowest BCUT2D eigenvalue weighted by Gasteiger charge is -2.14. The molecule has 0 aliphatic heterocycles. The van der Waals surface area contributed by atoms with E-state index in [1.807, 2.05) is 0 Å². The molecular weight excluding hydrogens is 368 g/mol. The number of ether oxygens (including phenoxy) is 2. The van der Waals surface area contributed by atoms with Gasteiger partial charge in [-0.05, 0) is 37.1 Å². The third-order valence-corrected chi connectivity index (χ3v) is 3.86. The third kappa shape index (κ3) is 4.87. The molecule has 2 rings (SSSR count). The maximum Gasteiger partial charge on any atom is 0.341 e. The number of esters is 2. The lowest BCUT2D eigenvalue weighted by atomic mass is 10.1. The molecule has 8 heteroatoms. The largest absolute Gasteiger partial charge is 0.424 e. The Morgan fingerprint density at radius 3 is 1.32 bits per heavy atom. The Morgan fingerprint density at radius 1 is 0.679 bits per heavy atom. The number of aliphatic hydroxyl groups is 2. The number of ketones is 2. The van der Waals surface area contributed by atoms with E-state index in [2.05, 4.69) is 9.47 Å². The first-order valence-electron chi connectivity index (χ1n) is 8.19. The molecule has 0 aliphatic rings. The van der Waals surface area contributed by atoms with Crippen LogP contribution in [0, 0.1) is 13.8 Å². The molecule has 0 bridgehead atoms. The highest BCUT2D eigenvalue weighted by Crippen LogP contribution is 2.12. The van der Waals surface area contributed by atoms with E-state index in [0.29, 0.717) is 11.1 Å². The van der Waals surface area contributed by atoms with Crippen LogP contribution in [-0.2, 0) is 19.1 Å². The summed E-state index contributed by atoms with van der Waals surface area (Å²) in [5.74, 6) is -5.32. The lowest BCUT2D eigenvalue weighted by Crippen LogP contribution is -2.40. The zero-order valence-electron chi connectivity index (χ0n) is 15.1. The van der Waals surface area contributed by atoms with Gasteiger partial charge in [0.2, 0.25) is 0 Å². The van der Waals surface area contributed by atoms with Crippen LogP contribution in [0.3, 0.4) is 0 Å². The summed E-state index contributed by atoms with van der Waals surface area (Å²) in [6.07, 6.45) is -4.90. The number of carbonyl (C=O) groups excluding carboxylic acids is 4. The Hall–Kier alpha value is -3.36. The molecule has 0 amide bonds. The van der Waals surface area contributed by atoms with Gasteiger partial charge in [-0.25, -0.2) is 9.59 Å². The second-order valence-electron chi connectivity index (χ2n) is 5.87. The third-order valence-electron chi connectivity index (χ3n) is 3.86. The average molecular weight is 386 g/mol. The number of hydrogen-bond donors (Lipinski definition) is 2. The predicted octanol–water partition coefficient (Wildman–Crippen LogP) is 1.09. The van der Waals surface area contributed by atoms with E-state index in [4.69, 9.17) is 0 Å². The van der Waals surface area contributed by atoms with Crippen molar-refractivity contribution in [3.8, 4) is 0 Å². The number of aliphatic hydroxyl groups excluding tert-OH is 2. The van der Waals surface area contributed by atoms with Crippen LogP contribution in [0.5, 0.6) is 0 Å². The minimum atomic E-state index is -2.45. The predicted molar refractivity (Wildman–Crippen MR) is 95.2 cm³/mol. The maximum atomic E-state index is 12.0. The van der Waals surface area contributed by atoms with E-state index in [-0.39, 0.29) is 11.1 Å². The highest BCUT2D eigenvalue weighted by Gasteiger charge is 2.34. The van der Waals surface area contributed by atoms with Crippen molar-refractivity contribution in [3.63, 3.8) is 0 Å². The molecule has 0 saturated heterocycles. The van der Waals surface area contributed by atoms with Gasteiger partial charge in [0.1, 0.15) is 0 Å². The average Bonchev–Trinajstić information content (AvgIpc) is 2.67. The summed E-state index contributed by atoms with van der Waals surface area (Å²) in [5.41, 5.74) is 1.25. The molecule has 146 valence electrons. The second-order valence-corrected chi connectivity index (χ2v) is 5.87. The number of carbonyl (C=O) groups is 4. The molecule has 0 fully saturated rings. The van der Waals surface area contributed by atoms with Gasteiger partial charge in [-0.3, -0.25) is 9.59 Å². The fraction of sp³-hybridized carbons (Fsp3) is 0.200. The van der Waals surface area contributed by atoms with Gasteiger partial charge < -0.3 is 19.7 Å². The maximum absolute atomic E-state index is 12.0. The molecule has 2 aromatic rings. The fourth-order valence-electron chi connectivity index (χ4n) is 2.28. The lowest BCUT2D eigenvalue weighted by molar-refractivity contribution is -0.166. The van der Waals surface area contributed by atoms with Crippen LogP contribution in [0.15, 0.2) is 48.5 Å².